The number of benzene rings is 2. The van der Waals surface area contributed by atoms with E-state index in [1.54, 1.807) is 16.7 Å². The Kier molecular flexibility index (Phi) is 8.16. The summed E-state index contributed by atoms with van der Waals surface area (Å²) in [6.07, 6.45) is 1.04. The van der Waals surface area contributed by atoms with Crippen LogP contribution in [0.15, 0.2) is 54.7 Å². The Morgan fingerprint density at radius 2 is 1.71 bits per heavy atom. The molecular weight excluding hydrogens is 550 g/mol. The zero-order chi connectivity index (χ0) is 30.0. The number of carbonyl (C=O) groups is 3. The lowest BCUT2D eigenvalue weighted by molar-refractivity contribution is -0.0241. The maximum Gasteiger partial charge on any atom is 0.409 e. The number of anilines is 1. The molecule has 42 heavy (non-hydrogen) atoms. The van der Waals surface area contributed by atoms with Gasteiger partial charge < -0.3 is 28.8 Å². The Balaban J connectivity index is 1.45. The zero-order valence-corrected chi connectivity index (χ0v) is 23.1. The number of carbonyl (C=O) groups excluding carboxylic acids is 3. The average Bonchev–Trinajstić information content (AvgIpc) is 3.32. The van der Waals surface area contributed by atoms with Crippen LogP contribution in [0.2, 0.25) is 0 Å². The molecule has 1 aliphatic heterocycles. The summed E-state index contributed by atoms with van der Waals surface area (Å²) in [4.78, 5) is 42.5. The molecule has 1 unspecified atom stereocenters. The van der Waals surface area contributed by atoms with Crippen LogP contribution in [-0.2, 0) is 20.6 Å². The summed E-state index contributed by atoms with van der Waals surface area (Å²) in [5, 5.41) is 2.49. The number of rotatable bonds is 6. The van der Waals surface area contributed by atoms with Crippen molar-refractivity contribution in [3.63, 3.8) is 0 Å². The van der Waals surface area contributed by atoms with Gasteiger partial charge in [0.25, 0.3) is 5.91 Å². The Hall–Kier alpha value is -4.84. The number of aromatic nitrogens is 2. The van der Waals surface area contributed by atoms with E-state index in [1.807, 2.05) is 13.0 Å². The van der Waals surface area contributed by atoms with E-state index < -0.39 is 35.7 Å². The largest absolute Gasteiger partial charge is 0.465 e. The molecule has 0 bridgehead atoms. The molecule has 12 heteroatoms. The second-order valence-corrected chi connectivity index (χ2v) is 9.79. The fourth-order valence-corrected chi connectivity index (χ4v) is 4.90. The number of hydrogen-bond donors (Lipinski definition) is 1. The van der Waals surface area contributed by atoms with E-state index in [-0.39, 0.29) is 47.6 Å². The number of imidazole rings is 1. The van der Waals surface area contributed by atoms with Crippen LogP contribution in [0.25, 0.3) is 16.9 Å². The van der Waals surface area contributed by atoms with Gasteiger partial charge in [-0.2, -0.15) is 0 Å². The lowest BCUT2D eigenvalue weighted by atomic mass is 10.0. The monoisotopic (exact) mass is 578 g/mol. The fourth-order valence-electron chi connectivity index (χ4n) is 4.90. The van der Waals surface area contributed by atoms with Crippen molar-refractivity contribution in [2.45, 2.75) is 19.4 Å². The smallest absolute Gasteiger partial charge is 0.409 e. The quantitative estimate of drug-likeness (QED) is 0.332. The minimum absolute atomic E-state index is 0.0886. The van der Waals surface area contributed by atoms with Gasteiger partial charge >= 0.3 is 12.1 Å². The number of halogens is 2. The van der Waals surface area contributed by atoms with Gasteiger partial charge in [-0.3, -0.25) is 4.79 Å². The normalized spacial score (nSPS) is 15.0. The van der Waals surface area contributed by atoms with E-state index in [0.29, 0.717) is 17.9 Å². The number of nitrogens with one attached hydrogen (secondary N) is 1. The van der Waals surface area contributed by atoms with Gasteiger partial charge in [0.2, 0.25) is 0 Å². The highest BCUT2D eigenvalue weighted by molar-refractivity contribution is 6.05. The average molecular weight is 579 g/mol. The van der Waals surface area contributed by atoms with E-state index in [9.17, 15) is 14.4 Å². The molecule has 1 N–H and O–H groups in total. The molecular formula is C30H28F2N4O6. The van der Waals surface area contributed by atoms with E-state index >= 15 is 8.78 Å². The standard InChI is InChI=1S/C30H28F2N4O6/c1-17-8-9-36-24(15-21-16-35(10-11-42-21)30(39)41-3)27(34-25(36)12-17)26-22(31)13-20(14-23(26)32)33-28(37)18-4-6-19(7-5-18)29(38)40-2/h4-9,12-14,21H,10-11,15-16H2,1-3H3,(H,33,37). The predicted octanol–water partition coefficient (Wildman–Crippen LogP) is 4.64. The molecule has 218 valence electrons. The van der Waals surface area contributed by atoms with Crippen molar-refractivity contribution >= 4 is 29.3 Å². The van der Waals surface area contributed by atoms with Crippen molar-refractivity contribution in [2.75, 3.05) is 39.2 Å². The number of methoxy groups -OCH3 is 2. The Morgan fingerprint density at radius 3 is 2.38 bits per heavy atom. The molecule has 10 nitrogen and oxygen atoms in total. The molecule has 2 aromatic heterocycles. The van der Waals surface area contributed by atoms with Gasteiger partial charge in [-0.1, -0.05) is 0 Å². The molecule has 1 aliphatic rings. The summed E-state index contributed by atoms with van der Waals surface area (Å²) < 4.78 is 48.3. The Labute approximate surface area is 239 Å². The van der Waals surface area contributed by atoms with Crippen LogP contribution in [0.5, 0.6) is 0 Å². The summed E-state index contributed by atoms with van der Waals surface area (Å²) in [7, 11) is 2.55. The lowest BCUT2D eigenvalue weighted by Gasteiger charge is -2.32. The summed E-state index contributed by atoms with van der Waals surface area (Å²) in [6, 6.07) is 11.3. The number of esters is 1. The number of nitrogens with zero attached hydrogens (tertiary/aromatic N) is 3. The number of amides is 2. The van der Waals surface area contributed by atoms with Crippen LogP contribution in [0, 0.1) is 18.6 Å². The molecule has 1 fully saturated rings. The van der Waals surface area contributed by atoms with Crippen molar-refractivity contribution < 1.29 is 37.4 Å². The third-order valence-corrected chi connectivity index (χ3v) is 6.98. The first-order valence-electron chi connectivity index (χ1n) is 13.1. The number of hydrogen-bond acceptors (Lipinski definition) is 7. The molecule has 1 saturated heterocycles. The molecule has 0 aliphatic carbocycles. The van der Waals surface area contributed by atoms with Crippen LogP contribution in [-0.4, -0.2) is 72.3 Å². The third kappa shape index (κ3) is 5.79. The van der Waals surface area contributed by atoms with Crippen LogP contribution >= 0.6 is 0 Å². The van der Waals surface area contributed by atoms with Crippen molar-refractivity contribution in [1.82, 2.24) is 14.3 Å². The van der Waals surface area contributed by atoms with Gasteiger partial charge in [-0.05, 0) is 61.0 Å². The van der Waals surface area contributed by atoms with E-state index in [1.165, 1.54) is 43.4 Å². The molecule has 0 saturated carbocycles. The lowest BCUT2D eigenvalue weighted by Crippen LogP contribution is -2.46. The zero-order valence-electron chi connectivity index (χ0n) is 23.1. The maximum absolute atomic E-state index is 15.6. The van der Waals surface area contributed by atoms with Gasteiger partial charge in [0.15, 0.2) is 0 Å². The van der Waals surface area contributed by atoms with Crippen LogP contribution < -0.4 is 5.32 Å². The van der Waals surface area contributed by atoms with Gasteiger partial charge in [0.1, 0.15) is 17.3 Å². The van der Waals surface area contributed by atoms with Gasteiger partial charge in [0.05, 0.1) is 56.0 Å². The van der Waals surface area contributed by atoms with E-state index in [2.05, 4.69) is 15.0 Å². The van der Waals surface area contributed by atoms with Crippen molar-refractivity contribution in [1.29, 1.82) is 0 Å². The summed E-state index contributed by atoms with van der Waals surface area (Å²) in [5.74, 6) is -3.02. The van der Waals surface area contributed by atoms with E-state index in [0.717, 1.165) is 17.7 Å². The number of pyridine rings is 1. The molecule has 1 atom stereocenters. The Bertz CT molecular complexity index is 1650. The van der Waals surface area contributed by atoms with Crippen LogP contribution in [0.3, 0.4) is 0 Å². The third-order valence-electron chi connectivity index (χ3n) is 6.98. The number of morpholine rings is 1. The Morgan fingerprint density at radius 1 is 1.02 bits per heavy atom. The second kappa shape index (κ2) is 12.0. The van der Waals surface area contributed by atoms with Crippen LogP contribution in [0.4, 0.5) is 19.3 Å². The molecule has 4 aromatic rings. The maximum atomic E-state index is 15.6. The minimum atomic E-state index is -0.923. The van der Waals surface area contributed by atoms with Crippen molar-refractivity contribution in [2.24, 2.45) is 0 Å². The highest BCUT2D eigenvalue weighted by Gasteiger charge is 2.29. The molecule has 3 heterocycles. The first kappa shape index (κ1) is 28.7. The predicted molar refractivity (Wildman–Crippen MR) is 148 cm³/mol. The highest BCUT2D eigenvalue weighted by Crippen LogP contribution is 2.33. The van der Waals surface area contributed by atoms with Crippen molar-refractivity contribution in [3.05, 3.63) is 88.7 Å². The van der Waals surface area contributed by atoms with Crippen LogP contribution in [0.1, 0.15) is 32.0 Å². The molecule has 5 rings (SSSR count). The number of aryl methyl sites for hydroxylation is 1. The van der Waals surface area contributed by atoms with Crippen molar-refractivity contribution in [3.8, 4) is 11.3 Å². The van der Waals surface area contributed by atoms with E-state index in [4.69, 9.17) is 9.47 Å². The van der Waals surface area contributed by atoms with Gasteiger partial charge in [-0.15, -0.1) is 0 Å². The first-order valence-corrected chi connectivity index (χ1v) is 13.1. The topological polar surface area (TPSA) is 111 Å². The van der Waals surface area contributed by atoms with Gasteiger partial charge in [-0.25, -0.2) is 23.4 Å². The molecule has 0 radical (unpaired) electrons. The summed E-state index contributed by atoms with van der Waals surface area (Å²) in [6.45, 7) is 2.78. The number of fused-ring (bicyclic) bond motifs is 1. The van der Waals surface area contributed by atoms with Gasteiger partial charge in [0, 0.05) is 30.4 Å². The first-order chi connectivity index (χ1) is 20.2. The fraction of sp³-hybridized carbons (Fsp3) is 0.267. The molecule has 0 spiro atoms. The summed E-state index contributed by atoms with van der Waals surface area (Å²) in [5.41, 5.74) is 1.98. The highest BCUT2D eigenvalue weighted by atomic mass is 19.1. The SMILES string of the molecule is COC(=O)c1ccc(C(=O)Nc2cc(F)c(-c3nc4cc(C)ccn4c3CC3CN(C(=O)OC)CCO3)c(F)c2)cc1. The number of ether oxygens (including phenoxy) is 3. The second-order valence-electron chi connectivity index (χ2n) is 9.79. The summed E-state index contributed by atoms with van der Waals surface area (Å²) >= 11 is 0. The molecule has 2 aromatic carbocycles. The minimum Gasteiger partial charge on any atom is -0.465 e. The molecule has 2 amide bonds.